The van der Waals surface area contributed by atoms with Gasteiger partial charge in [-0.2, -0.15) is 15.4 Å². The van der Waals surface area contributed by atoms with Crippen LogP contribution < -0.4 is 0 Å². The van der Waals surface area contributed by atoms with E-state index in [1.807, 2.05) is 6.07 Å². The van der Waals surface area contributed by atoms with Gasteiger partial charge in [0.2, 0.25) is 0 Å². The molecule has 2 aromatic carbocycles. The Bertz CT molecular complexity index is 822. The Hall–Kier alpha value is -2.16. The molecule has 3 nitrogen and oxygen atoms in total. The summed E-state index contributed by atoms with van der Waals surface area (Å²) in [6.07, 6.45) is 1.13. The lowest BCUT2D eigenvalue weighted by molar-refractivity contribution is 0.284. The predicted molar refractivity (Wildman–Crippen MR) is 96.4 cm³/mol. The maximum absolute atomic E-state index is 4.22. The zero-order valence-corrected chi connectivity index (χ0v) is 14.6. The van der Waals surface area contributed by atoms with Crippen molar-refractivity contribution in [1.29, 1.82) is 0 Å². The van der Waals surface area contributed by atoms with Crippen LogP contribution in [-0.2, 0) is 5.41 Å². The van der Waals surface area contributed by atoms with Gasteiger partial charge in [-0.15, -0.1) is 0 Å². The van der Waals surface area contributed by atoms with E-state index in [-0.39, 0.29) is 10.8 Å². The molecule has 0 radical (unpaired) electrons. The van der Waals surface area contributed by atoms with Crippen molar-refractivity contribution in [1.82, 2.24) is 15.4 Å². The fraction of sp³-hybridized carbons (Fsp3) is 0.400. The second kappa shape index (κ2) is 5.48. The van der Waals surface area contributed by atoms with E-state index in [9.17, 15) is 0 Å². The number of aromatic amines is 1. The minimum atomic E-state index is 0.105. The van der Waals surface area contributed by atoms with Crippen LogP contribution in [0.15, 0.2) is 42.5 Å². The molecule has 0 spiro atoms. The van der Waals surface area contributed by atoms with Crippen LogP contribution in [0.4, 0.5) is 0 Å². The lowest BCUT2D eigenvalue weighted by Gasteiger charge is -2.34. The Morgan fingerprint density at radius 2 is 1.57 bits per heavy atom. The first-order valence-corrected chi connectivity index (χ1v) is 8.17. The van der Waals surface area contributed by atoms with Gasteiger partial charge in [-0.25, -0.2) is 0 Å². The molecule has 0 saturated carbocycles. The molecule has 3 rings (SSSR count). The lowest BCUT2D eigenvalue weighted by Crippen LogP contribution is -2.25. The minimum absolute atomic E-state index is 0.105. The van der Waals surface area contributed by atoms with Gasteiger partial charge < -0.3 is 0 Å². The van der Waals surface area contributed by atoms with Crippen LogP contribution in [-0.4, -0.2) is 15.4 Å². The lowest BCUT2D eigenvalue weighted by atomic mass is 9.70. The molecule has 0 unspecified atom stereocenters. The average molecular weight is 307 g/mol. The Morgan fingerprint density at radius 1 is 0.870 bits per heavy atom. The number of nitrogens with one attached hydrogen (secondary N) is 1. The first-order valence-electron chi connectivity index (χ1n) is 8.17. The zero-order chi connectivity index (χ0) is 16.7. The third-order valence-electron chi connectivity index (χ3n) is 4.26. The number of fused-ring (bicyclic) bond motifs is 1. The van der Waals surface area contributed by atoms with E-state index in [2.05, 4.69) is 86.4 Å². The van der Waals surface area contributed by atoms with Gasteiger partial charge in [0.25, 0.3) is 0 Å². The molecule has 120 valence electrons. The Morgan fingerprint density at radius 3 is 2.30 bits per heavy atom. The average Bonchev–Trinajstić information content (AvgIpc) is 2.92. The third-order valence-corrected chi connectivity index (χ3v) is 4.26. The number of hydrogen-bond acceptors (Lipinski definition) is 2. The summed E-state index contributed by atoms with van der Waals surface area (Å²) in [7, 11) is 0. The summed E-state index contributed by atoms with van der Waals surface area (Å²) < 4.78 is 0. The van der Waals surface area contributed by atoms with Crippen LogP contribution >= 0.6 is 0 Å². The van der Waals surface area contributed by atoms with E-state index >= 15 is 0 Å². The summed E-state index contributed by atoms with van der Waals surface area (Å²) in [5.74, 6) is 0. The molecule has 0 fully saturated rings. The van der Waals surface area contributed by atoms with Crippen LogP contribution in [0, 0.1) is 5.41 Å². The fourth-order valence-corrected chi connectivity index (χ4v) is 3.75. The summed E-state index contributed by atoms with van der Waals surface area (Å²) in [6.45, 7) is 11.6. The molecule has 23 heavy (non-hydrogen) atoms. The first-order chi connectivity index (χ1) is 10.8. The molecule has 3 aromatic rings. The second-order valence-electron chi connectivity index (χ2n) is 8.19. The topological polar surface area (TPSA) is 41.6 Å². The molecule has 1 N–H and O–H groups in total. The zero-order valence-electron chi connectivity index (χ0n) is 14.6. The highest BCUT2D eigenvalue weighted by atomic mass is 15.3. The molecule has 0 bridgehead atoms. The maximum atomic E-state index is 4.22. The van der Waals surface area contributed by atoms with Crippen molar-refractivity contribution in [3.8, 4) is 11.1 Å². The molecule has 3 heteroatoms. The monoisotopic (exact) mass is 307 g/mol. The second-order valence-corrected chi connectivity index (χ2v) is 8.19. The van der Waals surface area contributed by atoms with Gasteiger partial charge >= 0.3 is 0 Å². The number of rotatable bonds is 3. The Labute approximate surface area is 138 Å². The van der Waals surface area contributed by atoms with E-state index in [1.165, 1.54) is 16.7 Å². The Kier molecular flexibility index (Phi) is 3.75. The summed E-state index contributed by atoms with van der Waals surface area (Å²) >= 11 is 0. The molecule has 0 atom stereocenters. The van der Waals surface area contributed by atoms with E-state index in [0.717, 1.165) is 17.5 Å². The molecule has 1 heterocycles. The van der Waals surface area contributed by atoms with Gasteiger partial charge in [-0.3, -0.25) is 0 Å². The highest BCUT2D eigenvalue weighted by Gasteiger charge is 2.29. The molecule has 0 aliphatic carbocycles. The van der Waals surface area contributed by atoms with Gasteiger partial charge in [-0.05, 0) is 46.1 Å². The summed E-state index contributed by atoms with van der Waals surface area (Å²) in [6, 6.07) is 15.0. The van der Waals surface area contributed by atoms with E-state index in [4.69, 9.17) is 0 Å². The van der Waals surface area contributed by atoms with Crippen LogP contribution in [0.5, 0.6) is 0 Å². The quantitative estimate of drug-likeness (QED) is 0.709. The standard InChI is InChI=1S/C20H25N3/c1-19(2,3)13-20(4,5)16-9-7-6-8-15(16)14-10-11-17-18(12-14)22-23-21-17/h6-12H,13H2,1-5H3,(H,21,22,23). The van der Waals surface area contributed by atoms with Gasteiger partial charge in [0.05, 0.1) is 0 Å². The molecule has 0 saturated heterocycles. The van der Waals surface area contributed by atoms with E-state index in [1.54, 1.807) is 0 Å². The number of nitrogens with zero attached hydrogens (tertiary/aromatic N) is 2. The smallest absolute Gasteiger partial charge is 0.113 e. The number of benzene rings is 2. The van der Waals surface area contributed by atoms with E-state index in [0.29, 0.717) is 0 Å². The molecule has 1 aromatic heterocycles. The van der Waals surface area contributed by atoms with Crippen molar-refractivity contribution in [2.75, 3.05) is 0 Å². The summed E-state index contributed by atoms with van der Waals surface area (Å²) in [4.78, 5) is 0. The highest BCUT2D eigenvalue weighted by Crippen LogP contribution is 2.40. The minimum Gasteiger partial charge on any atom is -0.197 e. The maximum Gasteiger partial charge on any atom is 0.113 e. The molecular weight excluding hydrogens is 282 g/mol. The first kappa shape index (κ1) is 15.7. The van der Waals surface area contributed by atoms with Crippen molar-refractivity contribution in [2.24, 2.45) is 5.41 Å². The van der Waals surface area contributed by atoms with E-state index < -0.39 is 0 Å². The van der Waals surface area contributed by atoms with Crippen molar-refractivity contribution in [3.05, 3.63) is 48.0 Å². The molecule has 0 amide bonds. The van der Waals surface area contributed by atoms with Crippen LogP contribution in [0.1, 0.15) is 46.6 Å². The molecular formula is C20H25N3. The number of hydrogen-bond donors (Lipinski definition) is 1. The largest absolute Gasteiger partial charge is 0.197 e. The SMILES string of the molecule is CC(C)(C)CC(C)(C)c1ccccc1-c1ccc2n[nH]nc2c1. The van der Waals surface area contributed by atoms with Gasteiger partial charge in [0, 0.05) is 0 Å². The Balaban J connectivity index is 2.10. The summed E-state index contributed by atoms with van der Waals surface area (Å²) in [5.41, 5.74) is 6.07. The van der Waals surface area contributed by atoms with Crippen molar-refractivity contribution < 1.29 is 0 Å². The van der Waals surface area contributed by atoms with Crippen molar-refractivity contribution in [2.45, 2.75) is 46.5 Å². The fourth-order valence-electron chi connectivity index (χ4n) is 3.75. The van der Waals surface area contributed by atoms with Gasteiger partial charge in [0.1, 0.15) is 11.0 Å². The molecule has 0 aliphatic rings. The number of aromatic nitrogens is 3. The van der Waals surface area contributed by atoms with Crippen molar-refractivity contribution >= 4 is 11.0 Å². The summed E-state index contributed by atoms with van der Waals surface area (Å²) in [5, 5.41) is 11.0. The number of H-pyrrole nitrogens is 1. The normalized spacial score (nSPS) is 12.7. The molecule has 0 aliphatic heterocycles. The van der Waals surface area contributed by atoms with Gasteiger partial charge in [0.15, 0.2) is 0 Å². The highest BCUT2D eigenvalue weighted by molar-refractivity contribution is 5.82. The van der Waals surface area contributed by atoms with Crippen LogP contribution in [0.25, 0.3) is 22.2 Å². The predicted octanol–water partition coefficient (Wildman–Crippen LogP) is 5.34. The van der Waals surface area contributed by atoms with Crippen molar-refractivity contribution in [3.63, 3.8) is 0 Å². The van der Waals surface area contributed by atoms with Crippen LogP contribution in [0.2, 0.25) is 0 Å². The van der Waals surface area contributed by atoms with Crippen LogP contribution in [0.3, 0.4) is 0 Å². The third kappa shape index (κ3) is 3.29. The van der Waals surface area contributed by atoms with Gasteiger partial charge in [-0.1, -0.05) is 65.0 Å².